The van der Waals surface area contributed by atoms with E-state index in [9.17, 15) is 4.79 Å². The molecule has 0 aliphatic rings. The van der Waals surface area contributed by atoms with Gasteiger partial charge in [0.25, 0.3) is 0 Å². The third kappa shape index (κ3) is 4.43. The number of ether oxygens (including phenoxy) is 1. The Hall–Kier alpha value is -2.35. The summed E-state index contributed by atoms with van der Waals surface area (Å²) in [5.74, 6) is 0.869. The van der Waals surface area contributed by atoms with E-state index in [1.54, 1.807) is 12.2 Å². The first kappa shape index (κ1) is 13.1. The Labute approximate surface area is 113 Å². The maximum absolute atomic E-state index is 10.8. The van der Waals surface area contributed by atoms with Crippen LogP contribution < -0.4 is 4.74 Å². The minimum atomic E-state index is 0.0457. The molecule has 0 amide bonds. The van der Waals surface area contributed by atoms with Gasteiger partial charge in [0.1, 0.15) is 12.4 Å². The molecule has 0 saturated heterocycles. The first-order chi connectivity index (χ1) is 9.24. The maximum Gasteiger partial charge on any atom is 0.152 e. The molecule has 0 bridgehead atoms. The Morgan fingerprint density at radius 1 is 1.05 bits per heavy atom. The molecule has 2 aromatic carbocycles. The number of carbonyl (C=O) groups is 1. The molecule has 0 fully saturated rings. The number of allylic oxidation sites excluding steroid dienone is 1. The molecule has 2 nitrogen and oxygen atoms in total. The predicted molar refractivity (Wildman–Crippen MR) is 76.9 cm³/mol. The summed E-state index contributed by atoms with van der Waals surface area (Å²) in [6.45, 7) is 2.09. The van der Waals surface area contributed by atoms with Gasteiger partial charge in [-0.15, -0.1) is 0 Å². The van der Waals surface area contributed by atoms with Crippen LogP contribution in [0.25, 0.3) is 6.08 Å². The zero-order valence-corrected chi connectivity index (χ0v) is 10.9. The molecule has 0 aromatic heterocycles. The minimum Gasteiger partial charge on any atom is -0.489 e. The second-order valence-electron chi connectivity index (χ2n) is 4.29. The second kappa shape index (κ2) is 6.55. The fourth-order valence-corrected chi connectivity index (χ4v) is 1.63. The molecular weight excluding hydrogens is 236 g/mol. The molecule has 0 unspecified atom stereocenters. The maximum atomic E-state index is 10.8. The van der Waals surface area contributed by atoms with E-state index in [0.717, 1.165) is 16.9 Å². The molecule has 2 rings (SSSR count). The standard InChI is InChI=1S/C17H16O2/c1-14(18)7-8-15-9-11-17(12-10-15)19-13-16-5-3-2-4-6-16/h2-12H,13H2,1H3/b8-7+. The summed E-state index contributed by atoms with van der Waals surface area (Å²) in [4.78, 5) is 10.8. The largest absolute Gasteiger partial charge is 0.489 e. The average molecular weight is 252 g/mol. The monoisotopic (exact) mass is 252 g/mol. The Bertz CT molecular complexity index is 554. The molecular formula is C17H16O2. The van der Waals surface area contributed by atoms with E-state index in [0.29, 0.717) is 6.61 Å². The molecule has 2 heteroatoms. The fourth-order valence-electron chi connectivity index (χ4n) is 1.63. The van der Waals surface area contributed by atoms with Crippen molar-refractivity contribution < 1.29 is 9.53 Å². The summed E-state index contributed by atoms with van der Waals surface area (Å²) >= 11 is 0. The topological polar surface area (TPSA) is 26.3 Å². The summed E-state index contributed by atoms with van der Waals surface area (Å²) in [6.07, 6.45) is 3.35. The Kier molecular flexibility index (Phi) is 4.51. The van der Waals surface area contributed by atoms with E-state index in [1.165, 1.54) is 6.92 Å². The summed E-state index contributed by atoms with van der Waals surface area (Å²) in [7, 11) is 0. The van der Waals surface area contributed by atoms with Crippen LogP contribution in [-0.4, -0.2) is 5.78 Å². The molecule has 0 atom stereocenters. The van der Waals surface area contributed by atoms with Gasteiger partial charge in [0.05, 0.1) is 0 Å². The third-order valence-corrected chi connectivity index (χ3v) is 2.64. The lowest BCUT2D eigenvalue weighted by Gasteiger charge is -2.06. The number of hydrogen-bond donors (Lipinski definition) is 0. The summed E-state index contributed by atoms with van der Waals surface area (Å²) in [6, 6.07) is 17.7. The smallest absolute Gasteiger partial charge is 0.152 e. The van der Waals surface area contributed by atoms with Crippen LogP contribution in [0, 0.1) is 0 Å². The second-order valence-corrected chi connectivity index (χ2v) is 4.29. The van der Waals surface area contributed by atoms with Crippen molar-refractivity contribution in [3.63, 3.8) is 0 Å². The van der Waals surface area contributed by atoms with E-state index in [4.69, 9.17) is 4.74 Å². The zero-order chi connectivity index (χ0) is 13.5. The van der Waals surface area contributed by atoms with Gasteiger partial charge in [-0.25, -0.2) is 0 Å². The molecule has 0 spiro atoms. The minimum absolute atomic E-state index is 0.0457. The van der Waals surface area contributed by atoms with Gasteiger partial charge in [0.2, 0.25) is 0 Å². The number of hydrogen-bond acceptors (Lipinski definition) is 2. The average Bonchev–Trinajstić information content (AvgIpc) is 2.45. The lowest BCUT2D eigenvalue weighted by Crippen LogP contribution is -1.94. The Morgan fingerprint density at radius 3 is 2.37 bits per heavy atom. The van der Waals surface area contributed by atoms with Crippen LogP contribution >= 0.6 is 0 Å². The fraction of sp³-hybridized carbons (Fsp3) is 0.118. The van der Waals surface area contributed by atoms with E-state index >= 15 is 0 Å². The highest BCUT2D eigenvalue weighted by molar-refractivity contribution is 5.91. The van der Waals surface area contributed by atoms with Gasteiger partial charge < -0.3 is 4.74 Å². The van der Waals surface area contributed by atoms with Crippen molar-refractivity contribution in [3.8, 4) is 5.75 Å². The van der Waals surface area contributed by atoms with E-state index in [2.05, 4.69) is 0 Å². The first-order valence-corrected chi connectivity index (χ1v) is 6.19. The van der Waals surface area contributed by atoms with Crippen molar-refractivity contribution in [2.75, 3.05) is 0 Å². The van der Waals surface area contributed by atoms with Gasteiger partial charge in [-0.3, -0.25) is 4.79 Å². The summed E-state index contributed by atoms with van der Waals surface area (Å²) in [5, 5.41) is 0. The van der Waals surface area contributed by atoms with E-state index in [1.807, 2.05) is 54.6 Å². The van der Waals surface area contributed by atoms with Crippen LogP contribution in [0.15, 0.2) is 60.7 Å². The lowest BCUT2D eigenvalue weighted by atomic mass is 10.2. The zero-order valence-electron chi connectivity index (χ0n) is 10.9. The molecule has 19 heavy (non-hydrogen) atoms. The van der Waals surface area contributed by atoms with Gasteiger partial charge >= 0.3 is 0 Å². The van der Waals surface area contributed by atoms with E-state index < -0.39 is 0 Å². The Balaban J connectivity index is 1.94. The molecule has 0 radical (unpaired) electrons. The summed E-state index contributed by atoms with van der Waals surface area (Å²) < 4.78 is 5.68. The SMILES string of the molecule is CC(=O)/C=C/c1ccc(OCc2ccccc2)cc1. The molecule has 2 aromatic rings. The number of rotatable bonds is 5. The van der Waals surface area contributed by atoms with Gasteiger partial charge in [0, 0.05) is 0 Å². The van der Waals surface area contributed by atoms with Crippen molar-refractivity contribution in [2.24, 2.45) is 0 Å². The van der Waals surface area contributed by atoms with Gasteiger partial charge in [-0.1, -0.05) is 48.5 Å². The van der Waals surface area contributed by atoms with Crippen LogP contribution in [0.2, 0.25) is 0 Å². The Morgan fingerprint density at radius 2 is 1.74 bits per heavy atom. The lowest BCUT2D eigenvalue weighted by molar-refractivity contribution is -0.112. The van der Waals surface area contributed by atoms with Gasteiger partial charge in [-0.2, -0.15) is 0 Å². The first-order valence-electron chi connectivity index (χ1n) is 6.19. The number of ketones is 1. The van der Waals surface area contributed by atoms with Crippen molar-refractivity contribution in [1.82, 2.24) is 0 Å². The van der Waals surface area contributed by atoms with Crippen LogP contribution in [0.1, 0.15) is 18.1 Å². The molecule has 96 valence electrons. The molecule has 0 aliphatic heterocycles. The predicted octanol–water partition coefficient (Wildman–Crippen LogP) is 3.87. The number of carbonyl (C=O) groups excluding carboxylic acids is 1. The normalized spacial score (nSPS) is 10.6. The van der Waals surface area contributed by atoms with Crippen molar-refractivity contribution in [3.05, 3.63) is 71.8 Å². The van der Waals surface area contributed by atoms with Crippen molar-refractivity contribution in [1.29, 1.82) is 0 Å². The van der Waals surface area contributed by atoms with Crippen molar-refractivity contribution in [2.45, 2.75) is 13.5 Å². The van der Waals surface area contributed by atoms with Crippen LogP contribution in [0.5, 0.6) is 5.75 Å². The van der Waals surface area contributed by atoms with Gasteiger partial charge in [0.15, 0.2) is 5.78 Å². The quantitative estimate of drug-likeness (QED) is 0.755. The number of benzene rings is 2. The van der Waals surface area contributed by atoms with Crippen LogP contribution in [-0.2, 0) is 11.4 Å². The van der Waals surface area contributed by atoms with Crippen molar-refractivity contribution >= 4 is 11.9 Å². The highest BCUT2D eigenvalue weighted by Crippen LogP contribution is 2.15. The summed E-state index contributed by atoms with van der Waals surface area (Å²) in [5.41, 5.74) is 2.13. The third-order valence-electron chi connectivity index (χ3n) is 2.64. The molecule has 0 heterocycles. The highest BCUT2D eigenvalue weighted by atomic mass is 16.5. The van der Waals surface area contributed by atoms with E-state index in [-0.39, 0.29) is 5.78 Å². The van der Waals surface area contributed by atoms with Crippen LogP contribution in [0.4, 0.5) is 0 Å². The molecule has 0 N–H and O–H groups in total. The molecule has 0 saturated carbocycles. The molecule has 0 aliphatic carbocycles. The highest BCUT2D eigenvalue weighted by Gasteiger charge is 1.95. The van der Waals surface area contributed by atoms with Gasteiger partial charge in [-0.05, 0) is 36.3 Å². The van der Waals surface area contributed by atoms with Crippen LogP contribution in [0.3, 0.4) is 0 Å².